The van der Waals surface area contributed by atoms with Gasteiger partial charge in [0, 0.05) is 24.1 Å². The van der Waals surface area contributed by atoms with E-state index in [4.69, 9.17) is 14.2 Å². The Kier molecular flexibility index (Phi) is 7.97. The van der Waals surface area contributed by atoms with Crippen LogP contribution in [-0.2, 0) is 16.1 Å². The number of hydrogen-bond acceptors (Lipinski definition) is 7. The third-order valence-electron chi connectivity index (χ3n) is 9.56. The fraction of sp³-hybridized carbons (Fsp3) is 0.548. The van der Waals surface area contributed by atoms with Gasteiger partial charge in [-0.2, -0.15) is 0 Å². The Morgan fingerprint density at radius 2 is 1.80 bits per heavy atom. The lowest BCUT2D eigenvalue weighted by atomic mass is 9.46. The first-order valence-corrected chi connectivity index (χ1v) is 14.1. The minimum absolute atomic E-state index is 0.0361. The van der Waals surface area contributed by atoms with Crippen LogP contribution in [0.15, 0.2) is 42.5 Å². The van der Waals surface area contributed by atoms with E-state index in [2.05, 4.69) is 17.6 Å². The molecule has 2 saturated carbocycles. The Morgan fingerprint density at radius 3 is 2.55 bits per heavy atom. The lowest BCUT2D eigenvalue weighted by Crippen LogP contribution is -2.61. The molecular formula is C31H40N2O7. The molecule has 9 heteroatoms. The van der Waals surface area contributed by atoms with Gasteiger partial charge in [-0.15, -0.1) is 0 Å². The molecule has 9 nitrogen and oxygen atoms in total. The van der Waals surface area contributed by atoms with E-state index in [-0.39, 0.29) is 37.6 Å². The number of nitrogens with one attached hydrogen (secondary N) is 2. The molecule has 2 aromatic carbocycles. The van der Waals surface area contributed by atoms with Crippen LogP contribution < -0.4 is 20.1 Å². The van der Waals surface area contributed by atoms with Gasteiger partial charge in [-0.1, -0.05) is 37.6 Å². The average molecular weight is 553 g/mol. The third-order valence-corrected chi connectivity index (χ3v) is 9.56. The van der Waals surface area contributed by atoms with E-state index in [1.165, 1.54) is 0 Å². The SMILES string of the molecule is Cc1ccc(NC(=O)OC2CCC3(C)C(CC(=O)NCc4ccc5c(c4)OCO5)C(O)CCC3C2(C)CO)cc1. The molecule has 5 rings (SSSR count). The van der Waals surface area contributed by atoms with Crippen LogP contribution in [0.1, 0.15) is 57.1 Å². The minimum Gasteiger partial charge on any atom is -0.454 e. The highest BCUT2D eigenvalue weighted by atomic mass is 16.7. The van der Waals surface area contributed by atoms with Gasteiger partial charge in [0.2, 0.25) is 12.7 Å². The van der Waals surface area contributed by atoms with Crippen molar-refractivity contribution in [1.82, 2.24) is 5.32 Å². The monoisotopic (exact) mass is 552 g/mol. The number of rotatable bonds is 7. The Balaban J connectivity index is 1.24. The highest BCUT2D eigenvalue weighted by molar-refractivity contribution is 5.84. The largest absolute Gasteiger partial charge is 0.454 e. The quantitative estimate of drug-likeness (QED) is 0.398. The Bertz CT molecular complexity index is 1230. The highest BCUT2D eigenvalue weighted by Gasteiger charge is 2.60. The van der Waals surface area contributed by atoms with Gasteiger partial charge in [-0.25, -0.2) is 4.79 Å². The molecule has 6 atom stereocenters. The predicted molar refractivity (Wildman–Crippen MR) is 149 cm³/mol. The van der Waals surface area contributed by atoms with Crippen molar-refractivity contribution in [3.8, 4) is 11.5 Å². The summed E-state index contributed by atoms with van der Waals surface area (Å²) in [5.41, 5.74) is 1.53. The molecule has 2 aromatic rings. The number of aliphatic hydroxyl groups is 2. The maximum absolute atomic E-state index is 13.1. The number of carbonyl (C=O) groups is 2. The number of carbonyl (C=O) groups excluding carboxylic acids is 2. The number of fused-ring (bicyclic) bond motifs is 2. The van der Waals surface area contributed by atoms with Crippen LogP contribution >= 0.6 is 0 Å². The highest BCUT2D eigenvalue weighted by Crippen LogP contribution is 2.61. The average Bonchev–Trinajstić information content (AvgIpc) is 3.41. The molecule has 0 radical (unpaired) electrons. The number of amides is 2. The van der Waals surface area contributed by atoms with E-state index in [0.717, 1.165) is 11.1 Å². The number of anilines is 1. The van der Waals surface area contributed by atoms with Gasteiger partial charge in [0.05, 0.1) is 12.7 Å². The number of aryl methyl sites for hydroxylation is 1. The van der Waals surface area contributed by atoms with Crippen molar-refractivity contribution in [3.63, 3.8) is 0 Å². The Morgan fingerprint density at radius 1 is 1.05 bits per heavy atom. The summed E-state index contributed by atoms with van der Waals surface area (Å²) < 4.78 is 16.7. The van der Waals surface area contributed by atoms with Crippen LogP contribution in [0.25, 0.3) is 0 Å². The molecule has 0 saturated heterocycles. The van der Waals surface area contributed by atoms with Gasteiger partial charge in [-0.05, 0) is 79.7 Å². The predicted octanol–water partition coefficient (Wildman–Crippen LogP) is 4.53. The summed E-state index contributed by atoms with van der Waals surface area (Å²) >= 11 is 0. The van der Waals surface area contributed by atoms with E-state index in [1.54, 1.807) is 0 Å². The molecule has 216 valence electrons. The van der Waals surface area contributed by atoms with Gasteiger partial charge in [0.1, 0.15) is 6.10 Å². The molecule has 1 heterocycles. The second-order valence-electron chi connectivity index (χ2n) is 12.1. The molecule has 0 bridgehead atoms. The zero-order valence-corrected chi connectivity index (χ0v) is 23.4. The maximum Gasteiger partial charge on any atom is 0.411 e. The Hall–Kier alpha value is -3.30. The topological polar surface area (TPSA) is 126 Å². The summed E-state index contributed by atoms with van der Waals surface area (Å²) in [5, 5.41) is 27.5. The molecule has 0 spiro atoms. The molecule has 6 unspecified atom stereocenters. The summed E-state index contributed by atoms with van der Waals surface area (Å²) in [6.45, 7) is 6.44. The van der Waals surface area contributed by atoms with Crippen LogP contribution in [0.4, 0.5) is 10.5 Å². The van der Waals surface area contributed by atoms with Gasteiger partial charge >= 0.3 is 6.09 Å². The first-order chi connectivity index (χ1) is 19.1. The second-order valence-corrected chi connectivity index (χ2v) is 12.1. The number of aliphatic hydroxyl groups excluding tert-OH is 2. The lowest BCUT2D eigenvalue weighted by Gasteiger charge is -2.60. The molecular weight excluding hydrogens is 512 g/mol. The van der Waals surface area contributed by atoms with Crippen molar-refractivity contribution in [2.75, 3.05) is 18.7 Å². The van der Waals surface area contributed by atoms with Crippen molar-refractivity contribution in [2.45, 2.75) is 71.6 Å². The van der Waals surface area contributed by atoms with Crippen LogP contribution in [0.3, 0.4) is 0 Å². The van der Waals surface area contributed by atoms with Gasteiger partial charge in [0.25, 0.3) is 0 Å². The lowest BCUT2D eigenvalue weighted by molar-refractivity contribution is -0.185. The molecule has 0 aromatic heterocycles. The summed E-state index contributed by atoms with van der Waals surface area (Å²) in [4.78, 5) is 25.9. The summed E-state index contributed by atoms with van der Waals surface area (Å²) in [5.74, 6) is 0.908. The van der Waals surface area contributed by atoms with Crippen LogP contribution in [0.2, 0.25) is 0 Å². The van der Waals surface area contributed by atoms with Crippen molar-refractivity contribution in [3.05, 3.63) is 53.6 Å². The standard InChI is InChI=1S/C31H40N2O7/c1-19-4-7-21(8-5-19)33-29(37)40-27-12-13-30(2)22(23(35)9-11-26(30)31(27,3)17-34)15-28(36)32-16-20-6-10-24-25(14-20)39-18-38-24/h4-8,10,14,22-23,26-27,34-35H,9,11-13,15-18H2,1-3H3,(H,32,36)(H,33,37). The maximum atomic E-state index is 13.1. The number of benzene rings is 2. The summed E-state index contributed by atoms with van der Waals surface area (Å²) in [7, 11) is 0. The molecule has 2 fully saturated rings. The molecule has 2 amide bonds. The number of hydrogen-bond donors (Lipinski definition) is 4. The summed E-state index contributed by atoms with van der Waals surface area (Å²) in [6.07, 6.45) is 0.939. The smallest absolute Gasteiger partial charge is 0.411 e. The van der Waals surface area contributed by atoms with Gasteiger partial charge in [0.15, 0.2) is 11.5 Å². The fourth-order valence-electron chi connectivity index (χ4n) is 7.22. The summed E-state index contributed by atoms with van der Waals surface area (Å²) in [6, 6.07) is 13.1. The zero-order chi connectivity index (χ0) is 28.5. The van der Waals surface area contributed by atoms with Crippen molar-refractivity contribution in [2.24, 2.45) is 22.7 Å². The molecule has 1 aliphatic heterocycles. The zero-order valence-electron chi connectivity index (χ0n) is 23.4. The van der Waals surface area contributed by atoms with E-state index >= 15 is 0 Å². The van der Waals surface area contributed by atoms with Crippen LogP contribution in [0.5, 0.6) is 11.5 Å². The number of ether oxygens (including phenoxy) is 3. The van der Waals surface area contributed by atoms with Gasteiger partial charge in [-0.3, -0.25) is 10.1 Å². The minimum atomic E-state index is -0.709. The van der Waals surface area contributed by atoms with E-state index in [1.807, 2.05) is 56.3 Å². The molecule has 2 aliphatic carbocycles. The molecule has 4 N–H and O–H groups in total. The van der Waals surface area contributed by atoms with Crippen molar-refractivity contribution < 1.29 is 34.0 Å². The van der Waals surface area contributed by atoms with Crippen LogP contribution in [-0.4, -0.2) is 47.8 Å². The molecule has 40 heavy (non-hydrogen) atoms. The van der Waals surface area contributed by atoms with Gasteiger partial charge < -0.3 is 29.7 Å². The normalized spacial score (nSPS) is 30.7. The van der Waals surface area contributed by atoms with E-state index < -0.39 is 29.1 Å². The fourth-order valence-corrected chi connectivity index (χ4v) is 7.22. The Labute approximate surface area is 235 Å². The second kappa shape index (κ2) is 11.3. The first-order valence-electron chi connectivity index (χ1n) is 14.1. The van der Waals surface area contributed by atoms with E-state index in [0.29, 0.717) is 49.4 Å². The van der Waals surface area contributed by atoms with Crippen molar-refractivity contribution >= 4 is 17.7 Å². The van der Waals surface area contributed by atoms with Crippen molar-refractivity contribution in [1.29, 1.82) is 0 Å². The molecule has 3 aliphatic rings. The van der Waals surface area contributed by atoms with E-state index in [9.17, 15) is 19.8 Å². The van der Waals surface area contributed by atoms with Crippen LogP contribution in [0, 0.1) is 29.6 Å². The third kappa shape index (κ3) is 5.49. The first kappa shape index (κ1) is 28.2.